The van der Waals surface area contributed by atoms with Crippen LogP contribution in [0.2, 0.25) is 0 Å². The Morgan fingerprint density at radius 2 is 1.94 bits per heavy atom. The molecule has 16 heavy (non-hydrogen) atoms. The molecule has 2 rings (SSSR count). The largest absolute Gasteiger partial charge is 0.244 e. The van der Waals surface area contributed by atoms with E-state index in [2.05, 4.69) is 36.2 Å². The summed E-state index contributed by atoms with van der Waals surface area (Å²) in [6.07, 6.45) is 5.03. The average Bonchev–Trinajstić information content (AvgIpc) is 2.79. The lowest BCUT2D eigenvalue weighted by Gasteiger charge is -2.01. The van der Waals surface area contributed by atoms with E-state index in [1.807, 2.05) is 11.6 Å². The summed E-state index contributed by atoms with van der Waals surface area (Å²) in [4.78, 5) is 5.91. The molecule has 0 unspecified atom stereocenters. The van der Waals surface area contributed by atoms with Gasteiger partial charge in [0.2, 0.25) is 0 Å². The van der Waals surface area contributed by atoms with E-state index >= 15 is 0 Å². The quantitative estimate of drug-likeness (QED) is 0.688. The first-order valence-corrected chi connectivity index (χ1v) is 6.77. The number of benzene rings is 1. The maximum atomic E-state index is 4.48. The molecule has 0 fully saturated rings. The lowest BCUT2D eigenvalue weighted by molar-refractivity contribution is 0.722. The molecule has 2 aromatic rings. The number of aryl methyl sites for hydroxylation is 1. The lowest BCUT2D eigenvalue weighted by atomic mass is 10.1. The van der Waals surface area contributed by atoms with E-state index in [9.17, 15) is 0 Å². The minimum Gasteiger partial charge on any atom is -0.244 e. The van der Waals surface area contributed by atoms with Crippen LogP contribution >= 0.6 is 11.3 Å². The highest BCUT2D eigenvalue weighted by molar-refractivity contribution is 7.10. The van der Waals surface area contributed by atoms with Gasteiger partial charge in [-0.3, -0.25) is 0 Å². The Morgan fingerprint density at radius 3 is 2.69 bits per heavy atom. The van der Waals surface area contributed by atoms with Gasteiger partial charge in [0, 0.05) is 10.4 Å². The summed E-state index contributed by atoms with van der Waals surface area (Å²) in [6.45, 7) is 2.24. The summed E-state index contributed by atoms with van der Waals surface area (Å²) in [7, 11) is 0. The number of nitrogens with zero attached hydrogens (tertiary/aromatic N) is 1. The van der Waals surface area contributed by atoms with Gasteiger partial charge >= 0.3 is 0 Å². The molecular formula is C14H17NS. The monoisotopic (exact) mass is 231 g/mol. The zero-order chi connectivity index (χ0) is 11.2. The first-order valence-electron chi connectivity index (χ1n) is 5.89. The molecule has 1 aromatic carbocycles. The van der Waals surface area contributed by atoms with E-state index in [1.165, 1.54) is 41.8 Å². The maximum absolute atomic E-state index is 4.48. The SMILES string of the molecule is CCCCCc1scnc1-c1ccccc1. The van der Waals surface area contributed by atoms with Crippen LogP contribution in [0, 0.1) is 0 Å². The molecule has 0 atom stereocenters. The molecule has 0 aliphatic heterocycles. The van der Waals surface area contributed by atoms with Crippen LogP contribution in [0.15, 0.2) is 35.8 Å². The average molecular weight is 231 g/mol. The summed E-state index contributed by atoms with van der Waals surface area (Å²) < 4.78 is 0. The van der Waals surface area contributed by atoms with Crippen LogP contribution in [-0.4, -0.2) is 4.98 Å². The third-order valence-electron chi connectivity index (χ3n) is 2.70. The first-order chi connectivity index (χ1) is 7.92. The van der Waals surface area contributed by atoms with Crippen molar-refractivity contribution in [1.29, 1.82) is 0 Å². The molecule has 0 amide bonds. The summed E-state index contributed by atoms with van der Waals surface area (Å²) in [5.74, 6) is 0. The van der Waals surface area contributed by atoms with Crippen molar-refractivity contribution < 1.29 is 0 Å². The van der Waals surface area contributed by atoms with E-state index < -0.39 is 0 Å². The van der Waals surface area contributed by atoms with Crippen molar-refractivity contribution in [2.75, 3.05) is 0 Å². The van der Waals surface area contributed by atoms with Gasteiger partial charge < -0.3 is 0 Å². The highest BCUT2D eigenvalue weighted by Crippen LogP contribution is 2.26. The van der Waals surface area contributed by atoms with Crippen molar-refractivity contribution in [2.24, 2.45) is 0 Å². The molecule has 2 heteroatoms. The minimum absolute atomic E-state index is 1.17. The maximum Gasteiger partial charge on any atom is 0.0843 e. The van der Waals surface area contributed by atoms with Gasteiger partial charge in [-0.05, 0) is 12.8 Å². The Morgan fingerprint density at radius 1 is 1.12 bits per heavy atom. The third-order valence-corrected chi connectivity index (χ3v) is 3.59. The van der Waals surface area contributed by atoms with E-state index in [-0.39, 0.29) is 0 Å². The van der Waals surface area contributed by atoms with Gasteiger partial charge in [-0.25, -0.2) is 4.98 Å². The molecule has 0 saturated carbocycles. The summed E-state index contributed by atoms with van der Waals surface area (Å²) in [5.41, 5.74) is 4.39. The molecular weight excluding hydrogens is 214 g/mol. The van der Waals surface area contributed by atoms with Crippen LogP contribution in [0.3, 0.4) is 0 Å². The van der Waals surface area contributed by atoms with E-state index in [0.29, 0.717) is 0 Å². The van der Waals surface area contributed by atoms with Gasteiger partial charge in [0.15, 0.2) is 0 Å². The second-order valence-electron chi connectivity index (χ2n) is 3.95. The van der Waals surface area contributed by atoms with Crippen molar-refractivity contribution in [3.05, 3.63) is 40.7 Å². The Labute approximate surface area is 101 Å². The zero-order valence-corrected chi connectivity index (χ0v) is 10.5. The normalized spacial score (nSPS) is 10.6. The Balaban J connectivity index is 2.13. The van der Waals surface area contributed by atoms with E-state index in [0.717, 1.165) is 0 Å². The van der Waals surface area contributed by atoms with Crippen molar-refractivity contribution in [3.8, 4) is 11.3 Å². The fourth-order valence-corrected chi connectivity index (χ4v) is 2.64. The Kier molecular flexibility index (Phi) is 4.11. The Hall–Kier alpha value is -1.15. The van der Waals surface area contributed by atoms with Gasteiger partial charge in [0.1, 0.15) is 0 Å². The molecule has 0 radical (unpaired) electrons. The van der Waals surface area contributed by atoms with Crippen LogP contribution in [-0.2, 0) is 6.42 Å². The molecule has 0 saturated heterocycles. The number of hydrogen-bond donors (Lipinski definition) is 0. The van der Waals surface area contributed by atoms with E-state index in [1.54, 1.807) is 11.3 Å². The summed E-state index contributed by atoms with van der Waals surface area (Å²) in [5, 5.41) is 0. The zero-order valence-electron chi connectivity index (χ0n) is 9.65. The fraction of sp³-hybridized carbons (Fsp3) is 0.357. The molecule has 84 valence electrons. The van der Waals surface area contributed by atoms with Gasteiger partial charge in [-0.2, -0.15) is 0 Å². The molecule has 0 aliphatic carbocycles. The second-order valence-corrected chi connectivity index (χ2v) is 4.89. The number of rotatable bonds is 5. The summed E-state index contributed by atoms with van der Waals surface area (Å²) in [6, 6.07) is 10.5. The van der Waals surface area contributed by atoms with Gasteiger partial charge in [-0.15, -0.1) is 11.3 Å². The fourth-order valence-electron chi connectivity index (χ4n) is 1.81. The van der Waals surface area contributed by atoms with Crippen molar-refractivity contribution >= 4 is 11.3 Å². The molecule has 0 aliphatic rings. The van der Waals surface area contributed by atoms with E-state index in [4.69, 9.17) is 0 Å². The highest BCUT2D eigenvalue weighted by Gasteiger charge is 2.07. The van der Waals surface area contributed by atoms with Crippen LogP contribution in [0.4, 0.5) is 0 Å². The topological polar surface area (TPSA) is 12.9 Å². The lowest BCUT2D eigenvalue weighted by Crippen LogP contribution is -1.86. The standard InChI is InChI=1S/C14H17NS/c1-2-3-5-10-13-14(15-11-16-13)12-8-6-4-7-9-12/h4,6-9,11H,2-3,5,10H2,1H3. The number of hydrogen-bond acceptors (Lipinski definition) is 2. The van der Waals surface area contributed by atoms with Crippen LogP contribution < -0.4 is 0 Å². The smallest absolute Gasteiger partial charge is 0.0843 e. The van der Waals surface area contributed by atoms with Crippen LogP contribution in [0.1, 0.15) is 31.1 Å². The van der Waals surface area contributed by atoms with Gasteiger partial charge in [-0.1, -0.05) is 50.1 Å². The van der Waals surface area contributed by atoms with Crippen LogP contribution in [0.25, 0.3) is 11.3 Å². The predicted molar refractivity (Wildman–Crippen MR) is 70.8 cm³/mol. The van der Waals surface area contributed by atoms with Gasteiger partial charge in [0.05, 0.1) is 11.2 Å². The molecule has 0 N–H and O–H groups in total. The third kappa shape index (κ3) is 2.70. The molecule has 1 aromatic heterocycles. The van der Waals surface area contributed by atoms with Gasteiger partial charge in [0.25, 0.3) is 0 Å². The summed E-state index contributed by atoms with van der Waals surface area (Å²) >= 11 is 1.78. The number of unbranched alkanes of at least 4 members (excludes halogenated alkanes) is 2. The molecule has 0 bridgehead atoms. The molecule has 0 spiro atoms. The Bertz CT molecular complexity index is 419. The molecule has 1 heterocycles. The van der Waals surface area contributed by atoms with Crippen molar-refractivity contribution in [3.63, 3.8) is 0 Å². The van der Waals surface area contributed by atoms with Crippen molar-refractivity contribution in [1.82, 2.24) is 4.98 Å². The van der Waals surface area contributed by atoms with Crippen LogP contribution in [0.5, 0.6) is 0 Å². The molecule has 1 nitrogen and oxygen atoms in total. The second kappa shape index (κ2) is 5.80. The highest BCUT2D eigenvalue weighted by atomic mass is 32.1. The minimum atomic E-state index is 1.17. The number of aromatic nitrogens is 1. The first kappa shape index (κ1) is 11.3. The van der Waals surface area contributed by atoms with Crippen molar-refractivity contribution in [2.45, 2.75) is 32.6 Å². The predicted octanol–water partition coefficient (Wildman–Crippen LogP) is 4.54. The number of thiazole rings is 1.